The first-order chi connectivity index (χ1) is 10.8. The van der Waals surface area contributed by atoms with Crippen LogP contribution in [0.25, 0.3) is 0 Å². The van der Waals surface area contributed by atoms with E-state index < -0.39 is 0 Å². The highest BCUT2D eigenvalue weighted by Crippen LogP contribution is 2.13. The summed E-state index contributed by atoms with van der Waals surface area (Å²) >= 11 is 0. The molecule has 4 N–H and O–H groups in total. The number of rotatable bonds is 12. The van der Waals surface area contributed by atoms with Crippen LogP contribution in [0, 0.1) is 5.92 Å². The van der Waals surface area contributed by atoms with Crippen LogP contribution in [-0.4, -0.2) is 19.1 Å². The SMILES string of the molecule is CCCCC[C@@H](CNCN)CC(=O)NOCc1ccccc1. The van der Waals surface area contributed by atoms with Gasteiger partial charge in [-0.15, -0.1) is 0 Å². The lowest BCUT2D eigenvalue weighted by molar-refractivity contribution is -0.135. The van der Waals surface area contributed by atoms with Gasteiger partial charge in [0.15, 0.2) is 0 Å². The number of hydroxylamine groups is 1. The van der Waals surface area contributed by atoms with Crippen molar-refractivity contribution in [1.29, 1.82) is 0 Å². The Kier molecular flexibility index (Phi) is 10.3. The molecule has 0 aliphatic carbocycles. The summed E-state index contributed by atoms with van der Waals surface area (Å²) in [5.41, 5.74) is 9.04. The lowest BCUT2D eigenvalue weighted by atomic mass is 9.97. The van der Waals surface area contributed by atoms with Gasteiger partial charge in [-0.05, 0) is 24.4 Å². The minimum atomic E-state index is -0.0729. The lowest BCUT2D eigenvalue weighted by Crippen LogP contribution is -2.32. The summed E-state index contributed by atoms with van der Waals surface area (Å²) in [7, 11) is 0. The Morgan fingerprint density at radius 1 is 1.27 bits per heavy atom. The monoisotopic (exact) mass is 307 g/mol. The molecule has 1 atom stereocenters. The van der Waals surface area contributed by atoms with Gasteiger partial charge < -0.3 is 11.1 Å². The van der Waals surface area contributed by atoms with E-state index in [1.54, 1.807) is 0 Å². The molecule has 0 fully saturated rings. The van der Waals surface area contributed by atoms with E-state index in [4.69, 9.17) is 10.6 Å². The highest BCUT2D eigenvalue weighted by molar-refractivity contribution is 5.75. The largest absolute Gasteiger partial charge is 0.318 e. The van der Waals surface area contributed by atoms with Gasteiger partial charge in [0.1, 0.15) is 0 Å². The maximum Gasteiger partial charge on any atom is 0.243 e. The number of hydrogen-bond donors (Lipinski definition) is 3. The molecule has 5 heteroatoms. The second-order valence-electron chi connectivity index (χ2n) is 5.52. The molecule has 1 aromatic carbocycles. The fourth-order valence-corrected chi connectivity index (χ4v) is 2.32. The number of nitrogens with one attached hydrogen (secondary N) is 2. The van der Waals surface area contributed by atoms with Crippen molar-refractivity contribution in [2.75, 3.05) is 13.2 Å². The van der Waals surface area contributed by atoms with E-state index >= 15 is 0 Å². The van der Waals surface area contributed by atoms with Gasteiger partial charge in [-0.25, -0.2) is 5.48 Å². The Morgan fingerprint density at radius 3 is 2.73 bits per heavy atom. The van der Waals surface area contributed by atoms with Crippen LogP contribution < -0.4 is 16.5 Å². The van der Waals surface area contributed by atoms with Gasteiger partial charge in [-0.2, -0.15) is 0 Å². The van der Waals surface area contributed by atoms with Crippen molar-refractivity contribution in [2.24, 2.45) is 11.7 Å². The molecule has 1 amide bonds. The summed E-state index contributed by atoms with van der Waals surface area (Å²) in [6.45, 7) is 3.77. The number of carbonyl (C=O) groups is 1. The van der Waals surface area contributed by atoms with Crippen molar-refractivity contribution < 1.29 is 9.63 Å². The predicted molar refractivity (Wildman–Crippen MR) is 88.7 cm³/mol. The minimum Gasteiger partial charge on any atom is -0.318 e. The molecule has 0 bridgehead atoms. The maximum absolute atomic E-state index is 11.9. The molecule has 0 saturated heterocycles. The van der Waals surface area contributed by atoms with E-state index in [1.165, 1.54) is 12.8 Å². The Morgan fingerprint density at radius 2 is 2.05 bits per heavy atom. The van der Waals surface area contributed by atoms with Gasteiger partial charge in [0.25, 0.3) is 0 Å². The smallest absolute Gasteiger partial charge is 0.243 e. The van der Waals surface area contributed by atoms with E-state index in [-0.39, 0.29) is 5.91 Å². The topological polar surface area (TPSA) is 76.4 Å². The van der Waals surface area contributed by atoms with Crippen LogP contribution in [0.4, 0.5) is 0 Å². The summed E-state index contributed by atoms with van der Waals surface area (Å²) < 4.78 is 0. The van der Waals surface area contributed by atoms with Gasteiger partial charge >= 0.3 is 0 Å². The number of unbranched alkanes of at least 4 members (excludes halogenated alkanes) is 2. The summed E-state index contributed by atoms with van der Waals surface area (Å²) in [5.74, 6) is 0.228. The van der Waals surface area contributed by atoms with Crippen molar-refractivity contribution >= 4 is 5.91 Å². The van der Waals surface area contributed by atoms with Crippen LogP contribution in [0.1, 0.15) is 44.6 Å². The average molecular weight is 307 g/mol. The van der Waals surface area contributed by atoms with E-state index in [2.05, 4.69) is 17.7 Å². The first-order valence-electron chi connectivity index (χ1n) is 8.11. The Balaban J connectivity index is 2.25. The van der Waals surface area contributed by atoms with E-state index in [0.717, 1.165) is 24.9 Å². The van der Waals surface area contributed by atoms with E-state index in [0.29, 0.717) is 25.6 Å². The molecule has 1 aromatic rings. The summed E-state index contributed by atoms with van der Waals surface area (Å²) in [5, 5.41) is 3.12. The molecule has 0 heterocycles. The second-order valence-corrected chi connectivity index (χ2v) is 5.52. The number of hydrogen-bond acceptors (Lipinski definition) is 4. The maximum atomic E-state index is 11.9. The fraction of sp³-hybridized carbons (Fsp3) is 0.588. The van der Waals surface area contributed by atoms with Crippen molar-refractivity contribution in [3.8, 4) is 0 Å². The minimum absolute atomic E-state index is 0.0729. The van der Waals surface area contributed by atoms with Crippen molar-refractivity contribution in [3.63, 3.8) is 0 Å². The molecule has 0 aliphatic heterocycles. The number of carbonyl (C=O) groups excluding carboxylic acids is 1. The van der Waals surface area contributed by atoms with Gasteiger partial charge in [0.2, 0.25) is 5.91 Å². The van der Waals surface area contributed by atoms with Crippen LogP contribution in [0.15, 0.2) is 30.3 Å². The highest BCUT2D eigenvalue weighted by Gasteiger charge is 2.13. The van der Waals surface area contributed by atoms with Crippen LogP contribution in [0.5, 0.6) is 0 Å². The zero-order valence-corrected chi connectivity index (χ0v) is 13.5. The molecule has 0 saturated carbocycles. The molecule has 1 rings (SSSR count). The number of nitrogens with two attached hydrogens (primary N) is 1. The average Bonchev–Trinajstić information content (AvgIpc) is 2.53. The molecule has 0 spiro atoms. The molecule has 0 aromatic heterocycles. The Hall–Kier alpha value is -1.43. The van der Waals surface area contributed by atoms with Crippen molar-refractivity contribution in [1.82, 2.24) is 10.8 Å². The van der Waals surface area contributed by atoms with E-state index in [9.17, 15) is 4.79 Å². The zero-order chi connectivity index (χ0) is 16.0. The van der Waals surface area contributed by atoms with Crippen LogP contribution in [0.2, 0.25) is 0 Å². The molecular formula is C17H29N3O2. The van der Waals surface area contributed by atoms with Gasteiger partial charge in [0, 0.05) is 13.1 Å². The lowest BCUT2D eigenvalue weighted by Gasteiger charge is -2.16. The first-order valence-corrected chi connectivity index (χ1v) is 8.11. The second kappa shape index (κ2) is 12.1. The molecule has 5 nitrogen and oxygen atoms in total. The predicted octanol–water partition coefficient (Wildman–Crippen LogP) is 2.33. The van der Waals surface area contributed by atoms with E-state index in [1.807, 2.05) is 30.3 Å². The molecule has 124 valence electrons. The standard InChI is InChI=1S/C17H29N3O2/c1-2-3-5-10-16(12-19-14-18)11-17(21)20-22-13-15-8-6-4-7-9-15/h4,6-9,16,19H,2-3,5,10-14,18H2,1H3,(H,20,21)/t16-/m1/s1. The third-order valence-electron chi connectivity index (χ3n) is 3.54. The summed E-state index contributed by atoms with van der Waals surface area (Å²) in [6.07, 6.45) is 5.03. The fourth-order valence-electron chi connectivity index (χ4n) is 2.32. The van der Waals surface area contributed by atoms with Crippen LogP contribution in [-0.2, 0) is 16.2 Å². The van der Waals surface area contributed by atoms with Crippen LogP contribution >= 0.6 is 0 Å². The van der Waals surface area contributed by atoms with Crippen molar-refractivity contribution in [2.45, 2.75) is 45.6 Å². The number of benzene rings is 1. The molecule has 0 unspecified atom stereocenters. The summed E-state index contributed by atoms with van der Waals surface area (Å²) in [6, 6.07) is 9.77. The van der Waals surface area contributed by atoms with Gasteiger partial charge in [-0.3, -0.25) is 9.63 Å². The third-order valence-corrected chi connectivity index (χ3v) is 3.54. The first kappa shape index (κ1) is 18.6. The third kappa shape index (κ3) is 8.77. The molecule has 0 radical (unpaired) electrons. The quantitative estimate of drug-likeness (QED) is 0.315. The normalized spacial score (nSPS) is 12.1. The van der Waals surface area contributed by atoms with Gasteiger partial charge in [0.05, 0.1) is 6.61 Å². The van der Waals surface area contributed by atoms with Gasteiger partial charge in [-0.1, -0.05) is 56.5 Å². The Labute approximate surface area is 133 Å². The summed E-state index contributed by atoms with van der Waals surface area (Å²) in [4.78, 5) is 17.2. The molecule has 22 heavy (non-hydrogen) atoms. The highest BCUT2D eigenvalue weighted by atomic mass is 16.6. The zero-order valence-electron chi connectivity index (χ0n) is 13.5. The van der Waals surface area contributed by atoms with Crippen LogP contribution in [0.3, 0.4) is 0 Å². The van der Waals surface area contributed by atoms with Crippen molar-refractivity contribution in [3.05, 3.63) is 35.9 Å². The molecule has 0 aliphatic rings. The number of amides is 1. The Bertz CT molecular complexity index is 398. The molecular weight excluding hydrogens is 278 g/mol.